The van der Waals surface area contributed by atoms with E-state index in [9.17, 15) is 4.79 Å². The molecule has 0 radical (unpaired) electrons. The lowest BCUT2D eigenvalue weighted by Crippen LogP contribution is -2.29. The normalized spacial score (nSPS) is 12.1. The molecular weight excluding hydrogens is 442 g/mol. The highest BCUT2D eigenvalue weighted by molar-refractivity contribution is 9.10. The van der Waals surface area contributed by atoms with Crippen LogP contribution in [0.3, 0.4) is 0 Å². The van der Waals surface area contributed by atoms with Crippen LogP contribution in [-0.2, 0) is 5.41 Å². The molecule has 0 saturated heterocycles. The quantitative estimate of drug-likeness (QED) is 0.488. The van der Waals surface area contributed by atoms with Crippen molar-refractivity contribution in [1.82, 2.24) is 9.66 Å². The molecule has 146 valence electrons. The zero-order chi connectivity index (χ0) is 20.5. The number of halogens is 2. The topological polar surface area (TPSA) is 56.5 Å². The standard InChI is InChI=1S/C21H21BrClN3O2/c1-5-28-18-9-7-15(23)10-13(18)12-24-26-19(27)16-11-14(22)6-8-17(16)25-20(26)21(2,3)4/h6-12H,5H2,1-4H3. The average molecular weight is 463 g/mol. The van der Waals surface area contributed by atoms with E-state index < -0.39 is 0 Å². The summed E-state index contributed by atoms with van der Waals surface area (Å²) in [6.07, 6.45) is 1.58. The van der Waals surface area contributed by atoms with Gasteiger partial charge in [-0.1, -0.05) is 48.3 Å². The molecule has 28 heavy (non-hydrogen) atoms. The maximum atomic E-state index is 13.2. The molecule has 0 spiro atoms. The Morgan fingerprint density at radius 2 is 2.00 bits per heavy atom. The van der Waals surface area contributed by atoms with Crippen LogP contribution in [0.25, 0.3) is 10.9 Å². The third-order valence-corrected chi connectivity index (χ3v) is 4.79. The maximum absolute atomic E-state index is 13.2. The number of rotatable bonds is 4. The highest BCUT2D eigenvalue weighted by Gasteiger charge is 2.23. The van der Waals surface area contributed by atoms with Crippen molar-refractivity contribution in [3.8, 4) is 5.75 Å². The minimum absolute atomic E-state index is 0.229. The molecule has 0 bridgehead atoms. The number of hydrogen-bond donors (Lipinski definition) is 0. The first kappa shape index (κ1) is 20.6. The van der Waals surface area contributed by atoms with E-state index in [0.717, 1.165) is 4.47 Å². The Labute approximate surface area is 177 Å². The van der Waals surface area contributed by atoms with Crippen LogP contribution in [0.15, 0.2) is 50.8 Å². The van der Waals surface area contributed by atoms with Crippen molar-refractivity contribution in [3.05, 3.63) is 67.6 Å². The number of fused-ring (bicyclic) bond motifs is 1. The summed E-state index contributed by atoms with van der Waals surface area (Å²) >= 11 is 9.54. The van der Waals surface area contributed by atoms with Crippen LogP contribution in [0.2, 0.25) is 5.02 Å². The van der Waals surface area contributed by atoms with E-state index in [4.69, 9.17) is 21.3 Å². The zero-order valence-corrected chi connectivity index (χ0v) is 18.5. The first-order valence-electron chi connectivity index (χ1n) is 8.90. The van der Waals surface area contributed by atoms with Gasteiger partial charge >= 0.3 is 0 Å². The Kier molecular flexibility index (Phi) is 5.91. The third kappa shape index (κ3) is 4.28. The SMILES string of the molecule is CCOc1ccc(Cl)cc1C=Nn1c(C(C)(C)C)nc2ccc(Br)cc2c1=O. The van der Waals surface area contributed by atoms with Crippen molar-refractivity contribution in [1.29, 1.82) is 0 Å². The lowest BCUT2D eigenvalue weighted by Gasteiger charge is -2.21. The Balaban J connectivity index is 2.22. The van der Waals surface area contributed by atoms with Gasteiger partial charge in [0.2, 0.25) is 0 Å². The van der Waals surface area contributed by atoms with Gasteiger partial charge < -0.3 is 4.74 Å². The van der Waals surface area contributed by atoms with Crippen LogP contribution in [-0.4, -0.2) is 22.5 Å². The molecule has 1 aromatic heterocycles. The lowest BCUT2D eigenvalue weighted by atomic mass is 9.95. The fourth-order valence-corrected chi connectivity index (χ4v) is 3.31. The number of hydrogen-bond acceptors (Lipinski definition) is 4. The fourth-order valence-electron chi connectivity index (χ4n) is 2.77. The van der Waals surface area contributed by atoms with Crippen molar-refractivity contribution in [2.45, 2.75) is 33.1 Å². The second-order valence-corrected chi connectivity index (χ2v) is 8.68. The number of benzene rings is 2. The van der Waals surface area contributed by atoms with E-state index in [1.807, 2.05) is 39.8 Å². The lowest BCUT2D eigenvalue weighted by molar-refractivity contribution is 0.340. The van der Waals surface area contributed by atoms with Crippen molar-refractivity contribution < 1.29 is 4.74 Å². The highest BCUT2D eigenvalue weighted by atomic mass is 79.9. The van der Waals surface area contributed by atoms with Gasteiger partial charge in [0.1, 0.15) is 11.6 Å². The molecule has 1 heterocycles. The van der Waals surface area contributed by atoms with Crippen molar-refractivity contribution >= 4 is 44.6 Å². The van der Waals surface area contributed by atoms with Crippen molar-refractivity contribution in [2.24, 2.45) is 5.10 Å². The summed E-state index contributed by atoms with van der Waals surface area (Å²) in [6.45, 7) is 8.41. The van der Waals surface area contributed by atoms with Gasteiger partial charge in [-0.3, -0.25) is 4.79 Å². The molecule has 0 atom stereocenters. The van der Waals surface area contributed by atoms with Gasteiger partial charge in [0.05, 0.1) is 23.7 Å². The van der Waals surface area contributed by atoms with E-state index in [1.54, 1.807) is 30.5 Å². The number of aromatic nitrogens is 2. The molecule has 0 N–H and O–H groups in total. The molecule has 3 aromatic rings. The van der Waals surface area contributed by atoms with Gasteiger partial charge in [0, 0.05) is 20.5 Å². The molecule has 0 fully saturated rings. The second kappa shape index (κ2) is 8.05. The summed E-state index contributed by atoms with van der Waals surface area (Å²) in [5, 5.41) is 5.53. The van der Waals surface area contributed by atoms with Crippen molar-refractivity contribution in [3.63, 3.8) is 0 Å². The van der Waals surface area contributed by atoms with Crippen LogP contribution in [0.5, 0.6) is 5.75 Å². The van der Waals surface area contributed by atoms with Gasteiger partial charge in [-0.05, 0) is 43.3 Å². The monoisotopic (exact) mass is 461 g/mol. The van der Waals surface area contributed by atoms with Gasteiger partial charge in [0.25, 0.3) is 5.56 Å². The van der Waals surface area contributed by atoms with Crippen LogP contribution in [0.1, 0.15) is 39.1 Å². The summed E-state index contributed by atoms with van der Waals surface area (Å²) in [5.41, 5.74) is 0.722. The van der Waals surface area contributed by atoms with E-state index in [0.29, 0.717) is 39.7 Å². The van der Waals surface area contributed by atoms with Gasteiger partial charge in [0.15, 0.2) is 0 Å². The predicted octanol–water partition coefficient (Wildman–Crippen LogP) is 5.39. The molecule has 0 aliphatic carbocycles. The average Bonchev–Trinajstić information content (AvgIpc) is 2.62. The Morgan fingerprint density at radius 3 is 2.68 bits per heavy atom. The summed E-state index contributed by atoms with van der Waals surface area (Å²) in [4.78, 5) is 17.9. The molecule has 0 aliphatic heterocycles. The van der Waals surface area contributed by atoms with Crippen LogP contribution < -0.4 is 10.3 Å². The van der Waals surface area contributed by atoms with Gasteiger partial charge in [-0.2, -0.15) is 9.78 Å². The first-order valence-corrected chi connectivity index (χ1v) is 10.1. The smallest absolute Gasteiger partial charge is 0.282 e. The molecule has 3 rings (SSSR count). The fraction of sp³-hybridized carbons (Fsp3) is 0.286. The Bertz CT molecular complexity index is 1120. The van der Waals surface area contributed by atoms with Crippen LogP contribution in [0.4, 0.5) is 0 Å². The second-order valence-electron chi connectivity index (χ2n) is 7.32. The predicted molar refractivity (Wildman–Crippen MR) is 118 cm³/mol. The van der Waals surface area contributed by atoms with E-state index in [2.05, 4.69) is 21.0 Å². The summed E-state index contributed by atoms with van der Waals surface area (Å²) in [5.74, 6) is 1.22. The zero-order valence-electron chi connectivity index (χ0n) is 16.2. The molecular formula is C21H21BrClN3O2. The minimum atomic E-state index is -0.380. The molecule has 5 nitrogen and oxygen atoms in total. The van der Waals surface area contributed by atoms with Crippen LogP contribution in [0, 0.1) is 0 Å². The largest absolute Gasteiger partial charge is 0.493 e. The molecule has 7 heteroatoms. The van der Waals surface area contributed by atoms with Crippen LogP contribution >= 0.6 is 27.5 Å². The summed E-state index contributed by atoms with van der Waals surface area (Å²) < 4.78 is 7.80. The molecule has 0 aliphatic rings. The van der Waals surface area contributed by atoms with Crippen molar-refractivity contribution in [2.75, 3.05) is 6.61 Å². The molecule has 0 amide bonds. The Hall–Kier alpha value is -2.18. The van der Waals surface area contributed by atoms with E-state index >= 15 is 0 Å². The van der Waals surface area contributed by atoms with Gasteiger partial charge in [-0.25, -0.2) is 4.98 Å². The highest BCUT2D eigenvalue weighted by Crippen LogP contribution is 2.24. The molecule has 0 unspecified atom stereocenters. The van der Waals surface area contributed by atoms with Gasteiger partial charge in [-0.15, -0.1) is 0 Å². The van der Waals surface area contributed by atoms with E-state index in [1.165, 1.54) is 4.68 Å². The Morgan fingerprint density at radius 1 is 1.25 bits per heavy atom. The summed E-state index contributed by atoms with van der Waals surface area (Å²) in [6, 6.07) is 10.8. The minimum Gasteiger partial charge on any atom is -0.493 e. The summed E-state index contributed by atoms with van der Waals surface area (Å²) in [7, 11) is 0. The first-order chi connectivity index (χ1) is 13.2. The number of ether oxygens (including phenoxy) is 1. The number of nitrogens with zero attached hydrogens (tertiary/aromatic N) is 3. The molecule has 0 saturated carbocycles. The third-order valence-electron chi connectivity index (χ3n) is 4.06. The van der Waals surface area contributed by atoms with E-state index in [-0.39, 0.29) is 11.0 Å². The maximum Gasteiger partial charge on any atom is 0.282 e. The molecule has 2 aromatic carbocycles.